The molecule has 0 aliphatic carbocycles. The number of furan rings is 1. The Kier molecular flexibility index (Phi) is 5.61. The van der Waals surface area contributed by atoms with Crippen LogP contribution in [0.4, 0.5) is 0 Å². The number of carbonyl (C=O) groups is 1. The van der Waals surface area contributed by atoms with Crippen LogP contribution in [0.5, 0.6) is 5.75 Å². The normalized spacial score (nSPS) is 12.0. The molecule has 1 amide bonds. The van der Waals surface area contributed by atoms with Gasteiger partial charge in [0.05, 0.1) is 25.8 Å². The highest BCUT2D eigenvalue weighted by molar-refractivity contribution is 5.76. The molecule has 1 unspecified atom stereocenters. The Morgan fingerprint density at radius 3 is 2.86 bits per heavy atom. The fourth-order valence-electron chi connectivity index (χ4n) is 2.01. The van der Waals surface area contributed by atoms with Crippen LogP contribution in [0.2, 0.25) is 0 Å². The maximum absolute atomic E-state index is 11.7. The van der Waals surface area contributed by atoms with Gasteiger partial charge in [0, 0.05) is 0 Å². The van der Waals surface area contributed by atoms with Crippen molar-refractivity contribution in [3.05, 3.63) is 53.5 Å². The summed E-state index contributed by atoms with van der Waals surface area (Å²) in [4.78, 5) is 11.7. The van der Waals surface area contributed by atoms with Gasteiger partial charge < -0.3 is 19.6 Å². The van der Waals surface area contributed by atoms with Gasteiger partial charge in [0.15, 0.2) is 0 Å². The molecule has 5 heteroatoms. The van der Waals surface area contributed by atoms with Crippen molar-refractivity contribution in [1.29, 1.82) is 0 Å². The summed E-state index contributed by atoms with van der Waals surface area (Å²) in [5, 5.41) is 12.4. The van der Waals surface area contributed by atoms with Crippen LogP contribution < -0.4 is 10.1 Å². The number of benzene rings is 1. The Hall–Kier alpha value is -2.27. The molecular weight excluding hydrogens is 282 g/mol. The van der Waals surface area contributed by atoms with Crippen molar-refractivity contribution in [1.82, 2.24) is 5.32 Å². The number of rotatable bonds is 7. The van der Waals surface area contributed by atoms with Crippen molar-refractivity contribution >= 4 is 5.91 Å². The van der Waals surface area contributed by atoms with Crippen LogP contribution in [0.1, 0.15) is 29.4 Å². The number of aliphatic hydroxyl groups excluding tert-OH is 1. The third-order valence-electron chi connectivity index (χ3n) is 3.51. The molecular formula is C17H21NO4. The third kappa shape index (κ3) is 4.36. The van der Waals surface area contributed by atoms with Crippen molar-refractivity contribution in [2.75, 3.05) is 13.2 Å². The van der Waals surface area contributed by atoms with Crippen LogP contribution in [0, 0.1) is 13.8 Å². The van der Waals surface area contributed by atoms with Gasteiger partial charge in [-0.2, -0.15) is 0 Å². The zero-order valence-corrected chi connectivity index (χ0v) is 12.8. The van der Waals surface area contributed by atoms with Crippen LogP contribution in [0.3, 0.4) is 0 Å². The van der Waals surface area contributed by atoms with Crippen molar-refractivity contribution in [3.63, 3.8) is 0 Å². The van der Waals surface area contributed by atoms with Crippen LogP contribution in [-0.4, -0.2) is 24.2 Å². The molecule has 118 valence electrons. The molecule has 1 atom stereocenters. The van der Waals surface area contributed by atoms with Crippen LogP contribution in [-0.2, 0) is 4.79 Å². The zero-order chi connectivity index (χ0) is 15.9. The lowest BCUT2D eigenvalue weighted by Gasteiger charge is -2.12. The van der Waals surface area contributed by atoms with E-state index in [1.807, 2.05) is 32.0 Å². The van der Waals surface area contributed by atoms with Crippen molar-refractivity contribution in [3.8, 4) is 5.75 Å². The van der Waals surface area contributed by atoms with Gasteiger partial charge in [-0.3, -0.25) is 4.79 Å². The topological polar surface area (TPSA) is 71.7 Å². The largest absolute Gasteiger partial charge is 0.493 e. The van der Waals surface area contributed by atoms with E-state index < -0.39 is 6.10 Å². The van der Waals surface area contributed by atoms with Gasteiger partial charge >= 0.3 is 0 Å². The van der Waals surface area contributed by atoms with Crippen LogP contribution in [0.15, 0.2) is 41.0 Å². The number of amides is 1. The van der Waals surface area contributed by atoms with Gasteiger partial charge in [0.2, 0.25) is 5.91 Å². The summed E-state index contributed by atoms with van der Waals surface area (Å²) >= 11 is 0. The smallest absolute Gasteiger partial charge is 0.223 e. The first-order valence-corrected chi connectivity index (χ1v) is 7.25. The van der Waals surface area contributed by atoms with Gasteiger partial charge in [0.1, 0.15) is 17.6 Å². The zero-order valence-electron chi connectivity index (χ0n) is 12.8. The number of carbonyl (C=O) groups excluding carboxylic acids is 1. The van der Waals surface area contributed by atoms with E-state index >= 15 is 0 Å². The van der Waals surface area contributed by atoms with Crippen molar-refractivity contribution in [2.24, 2.45) is 0 Å². The van der Waals surface area contributed by atoms with Gasteiger partial charge in [0.25, 0.3) is 0 Å². The van der Waals surface area contributed by atoms with E-state index in [2.05, 4.69) is 5.32 Å². The minimum Gasteiger partial charge on any atom is -0.493 e. The maximum Gasteiger partial charge on any atom is 0.223 e. The average molecular weight is 303 g/mol. The fourth-order valence-corrected chi connectivity index (χ4v) is 2.01. The predicted molar refractivity (Wildman–Crippen MR) is 82.7 cm³/mol. The predicted octanol–water partition coefficient (Wildman–Crippen LogP) is 2.52. The molecule has 0 fully saturated rings. The quantitative estimate of drug-likeness (QED) is 0.824. The van der Waals surface area contributed by atoms with Gasteiger partial charge in [-0.05, 0) is 43.2 Å². The van der Waals surface area contributed by atoms with Crippen LogP contribution >= 0.6 is 0 Å². The average Bonchev–Trinajstić information content (AvgIpc) is 3.03. The van der Waals surface area contributed by atoms with Crippen molar-refractivity contribution in [2.45, 2.75) is 26.4 Å². The number of aryl methyl sites for hydroxylation is 1. The molecule has 0 saturated heterocycles. The Morgan fingerprint density at radius 1 is 1.32 bits per heavy atom. The standard InChI is InChI=1S/C17H21NO4/c1-12-5-3-6-15(13(12)2)22-10-8-17(20)18-11-14(19)16-7-4-9-21-16/h3-7,9,14,19H,8,10-11H2,1-2H3,(H,18,20). The van der Waals surface area contributed by atoms with Gasteiger partial charge in [-0.1, -0.05) is 12.1 Å². The lowest BCUT2D eigenvalue weighted by molar-refractivity contribution is -0.122. The van der Waals surface area contributed by atoms with Gasteiger partial charge in [-0.25, -0.2) is 0 Å². The molecule has 0 radical (unpaired) electrons. The number of aliphatic hydroxyl groups is 1. The third-order valence-corrected chi connectivity index (χ3v) is 3.51. The molecule has 2 aromatic rings. The minimum absolute atomic E-state index is 0.121. The van der Waals surface area contributed by atoms with E-state index in [0.29, 0.717) is 12.4 Å². The highest BCUT2D eigenvalue weighted by Gasteiger charge is 2.12. The lowest BCUT2D eigenvalue weighted by Crippen LogP contribution is -2.29. The Labute approximate surface area is 129 Å². The molecule has 0 aliphatic heterocycles. The number of hydrogen-bond acceptors (Lipinski definition) is 4. The van der Waals surface area contributed by atoms with E-state index in [0.717, 1.165) is 16.9 Å². The van der Waals surface area contributed by atoms with E-state index in [9.17, 15) is 9.90 Å². The summed E-state index contributed by atoms with van der Waals surface area (Å²) in [5.41, 5.74) is 2.24. The summed E-state index contributed by atoms with van der Waals surface area (Å²) in [6.45, 7) is 4.43. The Bertz CT molecular complexity index is 607. The Balaban J connectivity index is 1.71. The summed E-state index contributed by atoms with van der Waals surface area (Å²) in [7, 11) is 0. The summed E-state index contributed by atoms with van der Waals surface area (Å²) < 4.78 is 10.7. The minimum atomic E-state index is -0.834. The molecule has 1 aromatic carbocycles. The molecule has 0 saturated carbocycles. The molecule has 0 aliphatic rings. The van der Waals surface area contributed by atoms with E-state index in [4.69, 9.17) is 9.15 Å². The SMILES string of the molecule is Cc1cccc(OCCC(=O)NCC(O)c2ccco2)c1C. The molecule has 0 spiro atoms. The molecule has 2 N–H and O–H groups in total. The van der Waals surface area contributed by atoms with E-state index in [1.54, 1.807) is 12.1 Å². The van der Waals surface area contributed by atoms with E-state index in [1.165, 1.54) is 6.26 Å². The first-order valence-electron chi connectivity index (χ1n) is 7.25. The summed E-state index contributed by atoms with van der Waals surface area (Å²) in [5.74, 6) is 1.06. The molecule has 22 heavy (non-hydrogen) atoms. The highest BCUT2D eigenvalue weighted by Crippen LogP contribution is 2.20. The molecule has 1 aromatic heterocycles. The molecule has 1 heterocycles. The van der Waals surface area contributed by atoms with Crippen LogP contribution in [0.25, 0.3) is 0 Å². The summed E-state index contributed by atoms with van der Waals surface area (Å²) in [6.07, 6.45) is 0.885. The monoisotopic (exact) mass is 303 g/mol. The second-order valence-electron chi connectivity index (χ2n) is 5.13. The second kappa shape index (κ2) is 7.66. The number of hydrogen-bond donors (Lipinski definition) is 2. The highest BCUT2D eigenvalue weighted by atomic mass is 16.5. The molecule has 0 bridgehead atoms. The first kappa shape index (κ1) is 16.1. The first-order chi connectivity index (χ1) is 10.6. The second-order valence-corrected chi connectivity index (χ2v) is 5.13. The van der Waals surface area contributed by atoms with E-state index in [-0.39, 0.29) is 18.9 Å². The lowest BCUT2D eigenvalue weighted by atomic mass is 10.1. The number of ether oxygens (including phenoxy) is 1. The Morgan fingerprint density at radius 2 is 2.14 bits per heavy atom. The fraction of sp³-hybridized carbons (Fsp3) is 0.353. The summed E-state index contributed by atoms with van der Waals surface area (Å²) in [6, 6.07) is 9.20. The molecule has 2 rings (SSSR count). The van der Waals surface area contributed by atoms with Gasteiger partial charge in [-0.15, -0.1) is 0 Å². The van der Waals surface area contributed by atoms with Crippen molar-refractivity contribution < 1.29 is 19.1 Å². The maximum atomic E-state index is 11.7. The molecule has 5 nitrogen and oxygen atoms in total. The number of nitrogens with one attached hydrogen (secondary N) is 1.